The van der Waals surface area contributed by atoms with E-state index in [1.165, 1.54) is 35.8 Å². The van der Waals surface area contributed by atoms with Gasteiger partial charge in [-0.2, -0.15) is 13.2 Å². The minimum absolute atomic E-state index is 0. The van der Waals surface area contributed by atoms with Crippen LogP contribution in [0.2, 0.25) is 5.02 Å². The second kappa shape index (κ2) is 10.7. The van der Waals surface area contributed by atoms with Crippen molar-refractivity contribution in [1.29, 1.82) is 0 Å². The number of benzene rings is 2. The van der Waals surface area contributed by atoms with Crippen LogP contribution in [0.15, 0.2) is 40.1 Å². The van der Waals surface area contributed by atoms with E-state index in [1.54, 1.807) is 0 Å². The molecule has 3 aromatic rings. The van der Waals surface area contributed by atoms with Gasteiger partial charge in [0, 0.05) is 33.8 Å². The smallest absolute Gasteiger partial charge is 1.00 e. The quantitative estimate of drug-likeness (QED) is 0.362. The molecular formula is C23H19ClF5N2NaO4S. The van der Waals surface area contributed by atoms with Gasteiger partial charge in [-0.05, 0) is 31.2 Å². The number of alkyl halides is 3. The van der Waals surface area contributed by atoms with E-state index in [2.05, 4.69) is 0 Å². The molecule has 1 fully saturated rings. The fourth-order valence-corrected chi connectivity index (χ4v) is 5.39. The number of aliphatic hydroxyl groups is 1. The summed E-state index contributed by atoms with van der Waals surface area (Å²) in [4.78, 5) is 25.3. The Kier molecular flexibility index (Phi) is 8.63. The molecule has 1 aliphatic heterocycles. The molecule has 0 aliphatic carbocycles. The van der Waals surface area contributed by atoms with E-state index in [4.69, 9.17) is 11.6 Å². The number of nitrogens with zero attached hydrogens (tertiary/aromatic N) is 2. The summed E-state index contributed by atoms with van der Waals surface area (Å²) < 4.78 is 70.7. The third-order valence-corrected chi connectivity index (χ3v) is 7.69. The zero-order chi connectivity index (χ0) is 26.6. The summed E-state index contributed by atoms with van der Waals surface area (Å²) in [6.07, 6.45) is -5.61. The van der Waals surface area contributed by atoms with E-state index in [9.17, 15) is 37.4 Å². The first kappa shape index (κ1) is 29.7. The average molecular weight is 573 g/mol. The van der Waals surface area contributed by atoms with Crippen molar-refractivity contribution < 1.29 is 72.7 Å². The van der Waals surface area contributed by atoms with E-state index >= 15 is 4.39 Å². The number of β-amino-alcohol motifs (C(OH)–C–C–N with tert-alkyl or cyclic N) is 1. The summed E-state index contributed by atoms with van der Waals surface area (Å²) in [6.45, 7) is -0.347. The van der Waals surface area contributed by atoms with Crippen molar-refractivity contribution in [3.8, 4) is 0 Å². The Bertz CT molecular complexity index is 1410. The second-order valence-electron chi connectivity index (χ2n) is 8.38. The van der Waals surface area contributed by atoms with E-state index < -0.39 is 60.4 Å². The molecule has 2 N–H and O–H groups in total. The molecule has 1 aromatic heterocycles. The maximum Gasteiger partial charge on any atom is 1.00 e. The zero-order valence-corrected chi connectivity index (χ0v) is 23.1. The maximum absolute atomic E-state index is 15.1. The summed E-state index contributed by atoms with van der Waals surface area (Å²) in [5.74, 6) is -4.14. The number of carboxylic acid groups (broad SMARTS) is 1. The molecule has 1 unspecified atom stereocenters. The summed E-state index contributed by atoms with van der Waals surface area (Å²) >= 11 is 6.76. The van der Waals surface area contributed by atoms with Crippen molar-refractivity contribution in [2.75, 3.05) is 13.1 Å². The molecule has 2 heterocycles. The minimum atomic E-state index is -4.92. The molecule has 0 spiro atoms. The predicted octanol–water partition coefficient (Wildman–Crippen LogP) is 2.37. The fourth-order valence-electron chi connectivity index (χ4n) is 4.14. The Morgan fingerprint density at radius 1 is 1.19 bits per heavy atom. The summed E-state index contributed by atoms with van der Waals surface area (Å²) in [5.41, 5.74) is -3.42. The van der Waals surface area contributed by atoms with E-state index in [0.717, 1.165) is 22.7 Å². The van der Waals surface area contributed by atoms with E-state index in [-0.39, 0.29) is 64.0 Å². The number of halogens is 6. The molecule has 0 radical (unpaired) electrons. The Balaban J connectivity index is 0.00000253. The van der Waals surface area contributed by atoms with Crippen LogP contribution in [0.1, 0.15) is 23.9 Å². The van der Waals surface area contributed by atoms with Gasteiger partial charge in [0.15, 0.2) is 17.2 Å². The third kappa shape index (κ3) is 5.37. The molecule has 1 atom stereocenters. The molecule has 4 rings (SSSR count). The maximum atomic E-state index is 15.1. The van der Waals surface area contributed by atoms with Gasteiger partial charge in [-0.3, -0.25) is 4.79 Å². The third-order valence-electron chi connectivity index (χ3n) is 6.14. The number of carboxylic acids is 1. The van der Waals surface area contributed by atoms with E-state index in [0.29, 0.717) is 4.90 Å². The number of hydrogen-bond donors (Lipinski definition) is 2. The van der Waals surface area contributed by atoms with Crippen molar-refractivity contribution in [2.45, 2.75) is 41.5 Å². The largest absolute Gasteiger partial charge is 1.00 e. The Morgan fingerprint density at radius 2 is 1.86 bits per heavy atom. The molecule has 37 heavy (non-hydrogen) atoms. The van der Waals surface area contributed by atoms with Crippen LogP contribution in [-0.4, -0.2) is 56.4 Å². The first-order chi connectivity index (χ1) is 16.7. The molecule has 1 saturated heterocycles. The summed E-state index contributed by atoms with van der Waals surface area (Å²) in [5, 5.41) is 19.1. The Labute approximate surface area is 240 Å². The summed E-state index contributed by atoms with van der Waals surface area (Å²) in [7, 11) is 0. The first-order valence-electron chi connectivity index (χ1n) is 10.5. The van der Waals surface area contributed by atoms with Gasteiger partial charge in [-0.15, -0.1) is 0 Å². The average Bonchev–Trinajstić information content (AvgIpc) is 3.32. The molecule has 194 valence electrons. The van der Waals surface area contributed by atoms with Crippen molar-refractivity contribution in [3.05, 3.63) is 58.2 Å². The standard InChI is InChI=1S/C23H18ClF5N2O4S.Na.H/c1-11-20(36-15-4-2-3-12(17(15)25)21(33)34)13-5-6-14(24)18(26)19(13)31(11)9-16(32)30-8-7-22(35,10-30)23(27,28)29;;/h2-6,35H,7-10H2,1H3,(H,33,34);;/q;+1;-1. The van der Waals surface area contributed by atoms with Crippen molar-refractivity contribution in [1.82, 2.24) is 9.47 Å². The van der Waals surface area contributed by atoms with Crippen LogP contribution in [0.4, 0.5) is 22.0 Å². The number of aromatic nitrogens is 1. The van der Waals surface area contributed by atoms with Gasteiger partial charge in [0.05, 0.1) is 22.6 Å². The van der Waals surface area contributed by atoms with Crippen LogP contribution in [0.3, 0.4) is 0 Å². The molecule has 6 nitrogen and oxygen atoms in total. The van der Waals surface area contributed by atoms with Crippen LogP contribution in [-0.2, 0) is 11.3 Å². The normalized spacial score (nSPS) is 17.8. The van der Waals surface area contributed by atoms with Gasteiger partial charge in [-0.1, -0.05) is 29.4 Å². The van der Waals surface area contributed by atoms with Gasteiger partial charge in [0.2, 0.25) is 5.91 Å². The molecule has 1 aliphatic rings. The first-order valence-corrected chi connectivity index (χ1v) is 11.7. The van der Waals surface area contributed by atoms with Crippen LogP contribution in [0, 0.1) is 18.6 Å². The SMILES string of the molecule is Cc1c(Sc2cccc(C(=O)O)c2F)c2ccc(Cl)c(F)c2n1CC(=O)N1CCC(O)(C(F)(F)F)C1.[H-].[Na+]. The number of amides is 1. The topological polar surface area (TPSA) is 82.8 Å². The molecule has 1 amide bonds. The number of carbonyl (C=O) groups excluding carboxylic acids is 1. The number of fused-ring (bicyclic) bond motifs is 1. The van der Waals surface area contributed by atoms with Gasteiger partial charge >= 0.3 is 41.7 Å². The minimum Gasteiger partial charge on any atom is -1.00 e. The van der Waals surface area contributed by atoms with Crippen molar-refractivity contribution in [3.63, 3.8) is 0 Å². The number of carbonyl (C=O) groups is 2. The van der Waals surface area contributed by atoms with Gasteiger partial charge in [0.1, 0.15) is 6.54 Å². The monoisotopic (exact) mass is 572 g/mol. The van der Waals surface area contributed by atoms with Gasteiger partial charge in [0.25, 0.3) is 0 Å². The number of aromatic carboxylic acids is 1. The molecule has 14 heteroatoms. The van der Waals surface area contributed by atoms with Crippen molar-refractivity contribution in [2.24, 2.45) is 0 Å². The molecule has 2 aromatic carbocycles. The predicted molar refractivity (Wildman–Crippen MR) is 122 cm³/mol. The van der Waals surface area contributed by atoms with Crippen molar-refractivity contribution >= 4 is 46.1 Å². The summed E-state index contributed by atoms with van der Waals surface area (Å²) in [6, 6.07) is 6.50. The number of hydrogen-bond acceptors (Lipinski definition) is 4. The second-order valence-corrected chi connectivity index (χ2v) is 9.84. The molecular weight excluding hydrogens is 554 g/mol. The zero-order valence-electron chi connectivity index (χ0n) is 20.5. The Morgan fingerprint density at radius 3 is 2.46 bits per heavy atom. The van der Waals surface area contributed by atoms with Crippen LogP contribution >= 0.6 is 23.4 Å². The number of likely N-dealkylation sites (tertiary alicyclic amines) is 1. The van der Waals surface area contributed by atoms with Gasteiger partial charge in [-0.25, -0.2) is 13.6 Å². The molecule has 0 bridgehead atoms. The van der Waals surface area contributed by atoms with Crippen LogP contribution in [0.5, 0.6) is 0 Å². The fraction of sp³-hybridized carbons (Fsp3) is 0.304. The van der Waals surface area contributed by atoms with Crippen LogP contribution < -0.4 is 29.6 Å². The van der Waals surface area contributed by atoms with Gasteiger partial charge < -0.3 is 21.1 Å². The molecule has 0 saturated carbocycles. The number of rotatable bonds is 5. The van der Waals surface area contributed by atoms with Crippen LogP contribution in [0.25, 0.3) is 10.9 Å². The van der Waals surface area contributed by atoms with E-state index in [1.807, 2.05) is 0 Å². The Hall–Kier alpha value is -1.83.